The molecular formula is C9H15N3O2. The highest BCUT2D eigenvalue weighted by Crippen LogP contribution is 1.99. The van der Waals surface area contributed by atoms with Crippen LogP contribution in [0.2, 0.25) is 0 Å². The van der Waals surface area contributed by atoms with E-state index in [1.807, 2.05) is 6.92 Å². The lowest BCUT2D eigenvalue weighted by molar-refractivity contribution is 0.0943. The Bertz CT molecular complexity index is 296. The van der Waals surface area contributed by atoms with Crippen molar-refractivity contribution in [3.05, 3.63) is 17.7 Å². The van der Waals surface area contributed by atoms with E-state index in [4.69, 9.17) is 4.74 Å². The summed E-state index contributed by atoms with van der Waals surface area (Å²) in [7, 11) is 1.64. The molecule has 0 aliphatic carbocycles. The predicted molar refractivity (Wildman–Crippen MR) is 52.2 cm³/mol. The zero-order valence-corrected chi connectivity index (χ0v) is 8.46. The van der Waals surface area contributed by atoms with Crippen LogP contribution in [0, 0.1) is 6.92 Å². The first kappa shape index (κ1) is 10.7. The number of aryl methyl sites for hydroxylation is 1. The van der Waals surface area contributed by atoms with Crippen LogP contribution in [-0.4, -0.2) is 36.1 Å². The smallest absolute Gasteiger partial charge is 0.271 e. The molecule has 0 spiro atoms. The largest absolute Gasteiger partial charge is 0.385 e. The number of hydrogen-bond donors (Lipinski definition) is 2. The van der Waals surface area contributed by atoms with Gasteiger partial charge in [0.2, 0.25) is 0 Å². The summed E-state index contributed by atoms with van der Waals surface area (Å²) >= 11 is 0. The molecule has 1 aromatic heterocycles. The lowest BCUT2D eigenvalue weighted by Gasteiger charge is -2.02. The molecule has 5 heteroatoms. The summed E-state index contributed by atoms with van der Waals surface area (Å²) in [6.07, 6.45) is 2.32. The van der Waals surface area contributed by atoms with Crippen LogP contribution in [0.1, 0.15) is 22.6 Å². The molecule has 5 nitrogen and oxygen atoms in total. The molecule has 0 aliphatic rings. The molecule has 1 heterocycles. The zero-order chi connectivity index (χ0) is 10.4. The molecule has 0 radical (unpaired) electrons. The van der Waals surface area contributed by atoms with E-state index >= 15 is 0 Å². The van der Waals surface area contributed by atoms with E-state index in [0.717, 1.165) is 12.1 Å². The molecule has 0 saturated heterocycles. The second-order valence-corrected chi connectivity index (χ2v) is 2.98. The average molecular weight is 197 g/mol. The third kappa shape index (κ3) is 2.85. The summed E-state index contributed by atoms with van der Waals surface area (Å²) in [5, 5.41) is 2.76. The van der Waals surface area contributed by atoms with Crippen molar-refractivity contribution in [1.29, 1.82) is 0 Å². The Balaban J connectivity index is 2.32. The first-order valence-electron chi connectivity index (χ1n) is 4.53. The lowest BCUT2D eigenvalue weighted by Crippen LogP contribution is -2.26. The number of nitrogens with zero attached hydrogens (tertiary/aromatic N) is 1. The van der Waals surface area contributed by atoms with E-state index in [0.29, 0.717) is 18.8 Å². The maximum atomic E-state index is 11.5. The fraction of sp³-hybridized carbons (Fsp3) is 0.556. The van der Waals surface area contributed by atoms with Gasteiger partial charge in [0.15, 0.2) is 0 Å². The van der Waals surface area contributed by atoms with Gasteiger partial charge in [-0.05, 0) is 13.3 Å². The van der Waals surface area contributed by atoms with Gasteiger partial charge in [-0.3, -0.25) is 4.79 Å². The van der Waals surface area contributed by atoms with Crippen molar-refractivity contribution in [3.8, 4) is 0 Å². The van der Waals surface area contributed by atoms with Crippen LogP contribution in [0.15, 0.2) is 6.33 Å². The summed E-state index contributed by atoms with van der Waals surface area (Å²) in [6, 6.07) is 0. The van der Waals surface area contributed by atoms with Gasteiger partial charge in [0, 0.05) is 26.0 Å². The summed E-state index contributed by atoms with van der Waals surface area (Å²) < 4.78 is 4.86. The maximum absolute atomic E-state index is 11.5. The van der Waals surface area contributed by atoms with E-state index in [9.17, 15) is 4.79 Å². The molecule has 0 bridgehead atoms. The van der Waals surface area contributed by atoms with Crippen LogP contribution in [0.3, 0.4) is 0 Å². The Morgan fingerprint density at radius 1 is 1.71 bits per heavy atom. The molecule has 0 saturated carbocycles. The molecular weight excluding hydrogens is 182 g/mol. The third-order valence-corrected chi connectivity index (χ3v) is 1.86. The van der Waals surface area contributed by atoms with Gasteiger partial charge >= 0.3 is 0 Å². The molecule has 1 amide bonds. The normalized spacial score (nSPS) is 10.1. The average Bonchev–Trinajstić information content (AvgIpc) is 2.59. The van der Waals surface area contributed by atoms with Crippen molar-refractivity contribution in [2.75, 3.05) is 20.3 Å². The molecule has 0 fully saturated rings. The van der Waals surface area contributed by atoms with Crippen LogP contribution in [0.5, 0.6) is 0 Å². The van der Waals surface area contributed by atoms with Crippen LogP contribution in [0.25, 0.3) is 0 Å². The third-order valence-electron chi connectivity index (χ3n) is 1.86. The number of carbonyl (C=O) groups is 1. The summed E-state index contributed by atoms with van der Waals surface area (Å²) in [5.41, 5.74) is 1.25. The Hall–Kier alpha value is -1.36. The number of hydrogen-bond acceptors (Lipinski definition) is 3. The Morgan fingerprint density at radius 3 is 3.07 bits per heavy atom. The number of imidazole rings is 1. The van der Waals surface area contributed by atoms with Gasteiger partial charge in [-0.1, -0.05) is 0 Å². The molecule has 0 unspecified atom stereocenters. The van der Waals surface area contributed by atoms with Crippen molar-refractivity contribution < 1.29 is 9.53 Å². The number of amides is 1. The van der Waals surface area contributed by atoms with Crippen molar-refractivity contribution in [2.45, 2.75) is 13.3 Å². The molecule has 78 valence electrons. The molecule has 1 aromatic rings. The van der Waals surface area contributed by atoms with Crippen LogP contribution in [0.4, 0.5) is 0 Å². The quantitative estimate of drug-likeness (QED) is 0.675. The molecule has 2 N–H and O–H groups in total. The summed E-state index contributed by atoms with van der Waals surface area (Å²) in [5.74, 6) is -0.139. The monoisotopic (exact) mass is 197 g/mol. The van der Waals surface area contributed by atoms with Crippen LogP contribution >= 0.6 is 0 Å². The molecule has 14 heavy (non-hydrogen) atoms. The molecule has 0 aliphatic heterocycles. The van der Waals surface area contributed by atoms with Gasteiger partial charge in [-0.15, -0.1) is 0 Å². The zero-order valence-electron chi connectivity index (χ0n) is 8.46. The van der Waals surface area contributed by atoms with Crippen molar-refractivity contribution in [2.24, 2.45) is 0 Å². The predicted octanol–water partition coefficient (Wildman–Crippen LogP) is 0.484. The second-order valence-electron chi connectivity index (χ2n) is 2.98. The van der Waals surface area contributed by atoms with Crippen molar-refractivity contribution in [1.82, 2.24) is 15.3 Å². The number of H-pyrrole nitrogens is 1. The number of carbonyl (C=O) groups excluding carboxylic acids is 1. The number of rotatable bonds is 5. The SMILES string of the molecule is COCCCNC(=O)c1nc[nH]c1C. The van der Waals surface area contributed by atoms with Gasteiger partial charge < -0.3 is 15.0 Å². The Labute approximate surface area is 82.9 Å². The topological polar surface area (TPSA) is 67.0 Å². The molecule has 0 aromatic carbocycles. The van der Waals surface area contributed by atoms with E-state index in [-0.39, 0.29) is 5.91 Å². The number of ether oxygens (including phenoxy) is 1. The van der Waals surface area contributed by atoms with Crippen LogP contribution < -0.4 is 5.32 Å². The minimum atomic E-state index is -0.139. The highest BCUT2D eigenvalue weighted by atomic mass is 16.5. The summed E-state index contributed by atoms with van der Waals surface area (Å²) in [6.45, 7) is 3.08. The van der Waals surface area contributed by atoms with Crippen molar-refractivity contribution >= 4 is 5.91 Å². The van der Waals surface area contributed by atoms with Crippen LogP contribution in [-0.2, 0) is 4.74 Å². The van der Waals surface area contributed by atoms with Gasteiger partial charge in [0.05, 0.1) is 6.33 Å². The minimum absolute atomic E-state index is 0.139. The minimum Gasteiger partial charge on any atom is -0.385 e. The summed E-state index contributed by atoms with van der Waals surface area (Å²) in [4.78, 5) is 18.2. The second kappa shape index (κ2) is 5.39. The van der Waals surface area contributed by atoms with Gasteiger partial charge in [-0.2, -0.15) is 0 Å². The van der Waals surface area contributed by atoms with Gasteiger partial charge in [0.1, 0.15) is 5.69 Å². The lowest BCUT2D eigenvalue weighted by atomic mass is 10.3. The van der Waals surface area contributed by atoms with E-state index in [2.05, 4.69) is 15.3 Å². The fourth-order valence-electron chi connectivity index (χ4n) is 1.09. The van der Waals surface area contributed by atoms with E-state index in [1.54, 1.807) is 7.11 Å². The van der Waals surface area contributed by atoms with Gasteiger partial charge in [0.25, 0.3) is 5.91 Å². The number of aromatic nitrogens is 2. The highest BCUT2D eigenvalue weighted by Gasteiger charge is 2.09. The standard InChI is InChI=1S/C9H15N3O2/c1-7-8(12-6-11-7)9(13)10-4-3-5-14-2/h6H,3-5H2,1-2H3,(H,10,13)(H,11,12). The number of nitrogens with one attached hydrogen (secondary N) is 2. The first-order valence-corrected chi connectivity index (χ1v) is 4.53. The molecule has 1 rings (SSSR count). The fourth-order valence-corrected chi connectivity index (χ4v) is 1.09. The number of methoxy groups -OCH3 is 1. The Morgan fingerprint density at radius 2 is 2.50 bits per heavy atom. The van der Waals surface area contributed by atoms with Gasteiger partial charge in [-0.25, -0.2) is 4.98 Å². The van der Waals surface area contributed by atoms with Crippen molar-refractivity contribution in [3.63, 3.8) is 0 Å². The number of aromatic amines is 1. The van der Waals surface area contributed by atoms with E-state index in [1.165, 1.54) is 6.33 Å². The maximum Gasteiger partial charge on any atom is 0.271 e. The Kier molecular flexibility index (Phi) is 4.12. The first-order chi connectivity index (χ1) is 6.75. The van der Waals surface area contributed by atoms with E-state index < -0.39 is 0 Å². The molecule has 0 atom stereocenters. The highest BCUT2D eigenvalue weighted by molar-refractivity contribution is 5.93.